The van der Waals surface area contributed by atoms with Gasteiger partial charge in [0.1, 0.15) is 0 Å². The van der Waals surface area contributed by atoms with E-state index in [2.05, 4.69) is 5.32 Å². The maximum absolute atomic E-state index is 12.3. The number of nitro groups is 1. The van der Waals surface area contributed by atoms with E-state index < -0.39 is 10.8 Å². The molecule has 8 heteroatoms. The number of amides is 2. The van der Waals surface area contributed by atoms with E-state index >= 15 is 0 Å². The van der Waals surface area contributed by atoms with Crippen molar-refractivity contribution >= 4 is 34.8 Å². The van der Waals surface area contributed by atoms with Crippen molar-refractivity contribution in [1.82, 2.24) is 4.90 Å². The van der Waals surface area contributed by atoms with E-state index in [0.29, 0.717) is 12.2 Å². The van der Waals surface area contributed by atoms with Gasteiger partial charge >= 0.3 is 0 Å². The molecular formula is C15H18ClN3O4. The molecule has 0 spiro atoms. The van der Waals surface area contributed by atoms with E-state index in [-0.39, 0.29) is 34.5 Å². The van der Waals surface area contributed by atoms with Gasteiger partial charge in [-0.25, -0.2) is 0 Å². The summed E-state index contributed by atoms with van der Waals surface area (Å²) in [7, 11) is 0. The van der Waals surface area contributed by atoms with Crippen molar-refractivity contribution in [3.63, 3.8) is 0 Å². The van der Waals surface area contributed by atoms with Crippen LogP contribution in [-0.4, -0.2) is 33.7 Å². The van der Waals surface area contributed by atoms with Crippen molar-refractivity contribution in [3.8, 4) is 0 Å². The topological polar surface area (TPSA) is 92.6 Å². The molecule has 0 aliphatic carbocycles. The number of nitro benzene ring substituents is 1. The highest BCUT2D eigenvalue weighted by Gasteiger charge is 2.39. The molecule has 1 atom stereocenters. The van der Waals surface area contributed by atoms with Crippen molar-refractivity contribution in [2.24, 2.45) is 5.92 Å². The molecule has 1 N–H and O–H groups in total. The summed E-state index contributed by atoms with van der Waals surface area (Å²) in [6, 6.07) is 3.83. The number of non-ortho nitro benzene ring substituents is 1. The summed E-state index contributed by atoms with van der Waals surface area (Å²) < 4.78 is 0. The first kappa shape index (κ1) is 17.2. The Morgan fingerprint density at radius 3 is 2.57 bits per heavy atom. The minimum atomic E-state index is -0.561. The fourth-order valence-electron chi connectivity index (χ4n) is 2.49. The molecule has 1 saturated heterocycles. The zero-order chi connectivity index (χ0) is 17.4. The minimum absolute atomic E-state index is 0.0625. The quantitative estimate of drug-likeness (QED) is 0.677. The molecule has 1 aromatic rings. The van der Waals surface area contributed by atoms with Crippen LogP contribution in [0.1, 0.15) is 27.2 Å². The molecule has 0 saturated carbocycles. The van der Waals surface area contributed by atoms with Gasteiger partial charge in [-0.05, 0) is 26.8 Å². The van der Waals surface area contributed by atoms with Gasteiger partial charge in [0.15, 0.2) is 0 Å². The second-order valence-corrected chi connectivity index (χ2v) is 6.89. The Kier molecular flexibility index (Phi) is 4.61. The normalized spacial score (nSPS) is 18.2. The van der Waals surface area contributed by atoms with Gasteiger partial charge in [0.25, 0.3) is 5.69 Å². The number of benzene rings is 1. The molecule has 1 aliphatic heterocycles. The van der Waals surface area contributed by atoms with Crippen LogP contribution in [0.25, 0.3) is 0 Å². The molecule has 0 bridgehead atoms. The Balaban J connectivity index is 2.09. The van der Waals surface area contributed by atoms with Crippen molar-refractivity contribution in [2.45, 2.75) is 32.7 Å². The number of nitrogens with one attached hydrogen (secondary N) is 1. The van der Waals surface area contributed by atoms with E-state index in [1.54, 1.807) is 4.90 Å². The average molecular weight is 340 g/mol. The number of hydrogen-bond acceptors (Lipinski definition) is 4. The Labute approximate surface area is 138 Å². The zero-order valence-electron chi connectivity index (χ0n) is 13.1. The first-order chi connectivity index (χ1) is 10.6. The summed E-state index contributed by atoms with van der Waals surface area (Å²) in [6.07, 6.45) is 0.147. The van der Waals surface area contributed by atoms with Gasteiger partial charge in [-0.2, -0.15) is 0 Å². The number of hydrogen-bond donors (Lipinski definition) is 1. The fraction of sp³-hybridized carbons (Fsp3) is 0.467. The third kappa shape index (κ3) is 3.79. The highest BCUT2D eigenvalue weighted by molar-refractivity contribution is 6.34. The smallest absolute Gasteiger partial charge is 0.271 e. The van der Waals surface area contributed by atoms with Gasteiger partial charge in [0.05, 0.1) is 21.6 Å². The fourth-order valence-corrected chi connectivity index (χ4v) is 2.71. The third-order valence-corrected chi connectivity index (χ3v) is 4.04. The zero-order valence-corrected chi connectivity index (χ0v) is 13.9. The van der Waals surface area contributed by atoms with Gasteiger partial charge in [-0.3, -0.25) is 19.7 Å². The summed E-state index contributed by atoms with van der Waals surface area (Å²) >= 11 is 5.96. The van der Waals surface area contributed by atoms with Crippen LogP contribution in [0.3, 0.4) is 0 Å². The first-order valence-electron chi connectivity index (χ1n) is 7.15. The second-order valence-electron chi connectivity index (χ2n) is 6.49. The van der Waals surface area contributed by atoms with E-state index in [1.165, 1.54) is 18.2 Å². The van der Waals surface area contributed by atoms with Gasteiger partial charge in [-0.1, -0.05) is 11.6 Å². The number of nitrogens with zero attached hydrogens (tertiary/aromatic N) is 2. The first-order valence-corrected chi connectivity index (χ1v) is 7.52. The summed E-state index contributed by atoms with van der Waals surface area (Å²) in [5.41, 5.74) is -0.191. The molecule has 0 aromatic heterocycles. The molecule has 2 rings (SSSR count). The predicted octanol–water partition coefficient (Wildman–Crippen LogP) is 2.83. The number of likely N-dealkylation sites (tertiary alicyclic amines) is 1. The monoisotopic (exact) mass is 339 g/mol. The number of anilines is 1. The molecule has 1 fully saturated rings. The molecule has 1 aliphatic rings. The van der Waals surface area contributed by atoms with Crippen LogP contribution >= 0.6 is 11.6 Å². The predicted molar refractivity (Wildman–Crippen MR) is 86.3 cm³/mol. The van der Waals surface area contributed by atoms with Crippen molar-refractivity contribution in [3.05, 3.63) is 33.3 Å². The molecule has 0 radical (unpaired) electrons. The standard InChI is InChI=1S/C15H18ClN3O4/c1-15(2,3)18-8-9(6-13(18)20)14(21)17-12-5-4-10(19(22)23)7-11(12)16/h4-5,7,9H,6,8H2,1-3H3,(H,17,21)/t9-/m1/s1. The number of halogens is 1. The Bertz CT molecular complexity index is 669. The van der Waals surface area contributed by atoms with E-state index in [4.69, 9.17) is 11.6 Å². The Morgan fingerprint density at radius 1 is 1.43 bits per heavy atom. The molecule has 2 amide bonds. The van der Waals surface area contributed by atoms with Gasteiger partial charge in [0, 0.05) is 30.6 Å². The Hall–Kier alpha value is -2.15. The lowest BCUT2D eigenvalue weighted by Gasteiger charge is -2.31. The maximum atomic E-state index is 12.3. The van der Waals surface area contributed by atoms with Crippen LogP contribution < -0.4 is 5.32 Å². The van der Waals surface area contributed by atoms with E-state index in [1.807, 2.05) is 20.8 Å². The average Bonchev–Trinajstić information content (AvgIpc) is 2.83. The van der Waals surface area contributed by atoms with Crippen LogP contribution in [0.15, 0.2) is 18.2 Å². The van der Waals surface area contributed by atoms with Gasteiger partial charge in [-0.15, -0.1) is 0 Å². The molecule has 1 heterocycles. The van der Waals surface area contributed by atoms with Crippen molar-refractivity contribution < 1.29 is 14.5 Å². The molecule has 1 aromatic carbocycles. The van der Waals surface area contributed by atoms with Crippen LogP contribution in [0.2, 0.25) is 5.02 Å². The van der Waals surface area contributed by atoms with Crippen molar-refractivity contribution in [1.29, 1.82) is 0 Å². The summed E-state index contributed by atoms with van der Waals surface area (Å²) in [5, 5.41) is 13.4. The summed E-state index contributed by atoms with van der Waals surface area (Å²) in [5.74, 6) is -0.846. The lowest BCUT2D eigenvalue weighted by molar-refractivity contribution is -0.384. The molecule has 0 unspecified atom stereocenters. The lowest BCUT2D eigenvalue weighted by atomic mass is 10.1. The SMILES string of the molecule is CC(C)(C)N1C[C@H](C(=O)Nc2ccc([N+](=O)[O-])cc2Cl)CC1=O. The minimum Gasteiger partial charge on any atom is -0.337 e. The van der Waals surface area contributed by atoms with Crippen LogP contribution in [-0.2, 0) is 9.59 Å². The second kappa shape index (κ2) is 6.16. The molecule has 124 valence electrons. The van der Waals surface area contributed by atoms with Crippen molar-refractivity contribution in [2.75, 3.05) is 11.9 Å². The maximum Gasteiger partial charge on any atom is 0.271 e. The van der Waals surface area contributed by atoms with E-state index in [9.17, 15) is 19.7 Å². The largest absolute Gasteiger partial charge is 0.337 e. The highest BCUT2D eigenvalue weighted by atomic mass is 35.5. The number of carbonyl (C=O) groups excluding carboxylic acids is 2. The van der Waals surface area contributed by atoms with Crippen LogP contribution in [0.5, 0.6) is 0 Å². The van der Waals surface area contributed by atoms with Gasteiger partial charge < -0.3 is 10.2 Å². The lowest BCUT2D eigenvalue weighted by Crippen LogP contribution is -2.42. The molecule has 7 nitrogen and oxygen atoms in total. The third-order valence-electron chi connectivity index (χ3n) is 3.73. The number of carbonyl (C=O) groups is 2. The Morgan fingerprint density at radius 2 is 2.09 bits per heavy atom. The molecular weight excluding hydrogens is 322 g/mol. The summed E-state index contributed by atoms with van der Waals surface area (Å²) in [4.78, 5) is 36.1. The number of rotatable bonds is 3. The highest BCUT2D eigenvalue weighted by Crippen LogP contribution is 2.30. The van der Waals surface area contributed by atoms with Crippen LogP contribution in [0.4, 0.5) is 11.4 Å². The van der Waals surface area contributed by atoms with Crippen LogP contribution in [0, 0.1) is 16.0 Å². The van der Waals surface area contributed by atoms with Gasteiger partial charge in [0.2, 0.25) is 11.8 Å². The van der Waals surface area contributed by atoms with E-state index in [0.717, 1.165) is 0 Å². The summed E-state index contributed by atoms with van der Waals surface area (Å²) in [6.45, 7) is 6.09. The molecule has 23 heavy (non-hydrogen) atoms.